The van der Waals surface area contributed by atoms with Gasteiger partial charge in [0.05, 0.1) is 11.2 Å². The summed E-state index contributed by atoms with van der Waals surface area (Å²) in [5, 5.41) is 0.800. The number of halogens is 1. The first-order chi connectivity index (χ1) is 6.66. The highest BCUT2D eigenvalue weighted by molar-refractivity contribution is 5.78. The van der Waals surface area contributed by atoms with Gasteiger partial charge in [-0.2, -0.15) is 0 Å². The first-order valence-electron chi connectivity index (χ1n) is 4.48. The van der Waals surface area contributed by atoms with E-state index in [1.54, 1.807) is 6.07 Å². The van der Waals surface area contributed by atoms with Crippen molar-refractivity contribution in [3.05, 3.63) is 41.8 Å². The van der Waals surface area contributed by atoms with E-state index in [0.717, 1.165) is 16.6 Å². The van der Waals surface area contributed by atoms with Gasteiger partial charge in [-0.25, -0.2) is 4.39 Å². The average molecular weight is 190 g/mol. The molecule has 3 heteroatoms. The summed E-state index contributed by atoms with van der Waals surface area (Å²) >= 11 is 0. The van der Waals surface area contributed by atoms with E-state index in [1.165, 1.54) is 12.1 Å². The molecule has 0 spiro atoms. The van der Waals surface area contributed by atoms with Crippen molar-refractivity contribution in [3.8, 4) is 0 Å². The molecule has 2 aromatic rings. The molecule has 0 amide bonds. The van der Waals surface area contributed by atoms with Gasteiger partial charge in [-0.15, -0.1) is 0 Å². The highest BCUT2D eigenvalue weighted by Gasteiger charge is 2.02. The van der Waals surface area contributed by atoms with E-state index in [9.17, 15) is 4.39 Å². The number of rotatable bonds is 1. The lowest BCUT2D eigenvalue weighted by atomic mass is 10.1. The minimum absolute atomic E-state index is 0.0931. The zero-order valence-electron chi connectivity index (χ0n) is 7.87. The van der Waals surface area contributed by atoms with Gasteiger partial charge >= 0.3 is 0 Å². The summed E-state index contributed by atoms with van der Waals surface area (Å²) in [6, 6.07) is 8.10. The molecule has 72 valence electrons. The van der Waals surface area contributed by atoms with Crippen molar-refractivity contribution in [2.24, 2.45) is 5.73 Å². The second-order valence-electron chi connectivity index (χ2n) is 3.36. The zero-order valence-corrected chi connectivity index (χ0v) is 7.87. The molecule has 1 atom stereocenters. The lowest BCUT2D eigenvalue weighted by molar-refractivity contribution is 0.629. The lowest BCUT2D eigenvalue weighted by Crippen LogP contribution is -2.06. The molecule has 2 rings (SSSR count). The fourth-order valence-electron chi connectivity index (χ4n) is 1.37. The standard InChI is InChI=1S/C11H11FN2/c1-7(13)10-4-2-8-6-9(12)3-5-11(8)14-10/h2-7H,13H2,1H3. The van der Waals surface area contributed by atoms with Crippen molar-refractivity contribution in [1.82, 2.24) is 4.98 Å². The number of fused-ring (bicyclic) bond motifs is 1. The Labute approximate surface area is 81.6 Å². The van der Waals surface area contributed by atoms with Crippen LogP contribution < -0.4 is 5.73 Å². The van der Waals surface area contributed by atoms with Crippen molar-refractivity contribution in [1.29, 1.82) is 0 Å². The Hall–Kier alpha value is -1.48. The molecule has 0 aliphatic heterocycles. The first kappa shape index (κ1) is 9.09. The third kappa shape index (κ3) is 1.59. The molecule has 1 aromatic carbocycles. The van der Waals surface area contributed by atoms with Crippen LogP contribution in [0.5, 0.6) is 0 Å². The minimum Gasteiger partial charge on any atom is -0.323 e. The van der Waals surface area contributed by atoms with Crippen molar-refractivity contribution in [2.75, 3.05) is 0 Å². The molecule has 0 aliphatic carbocycles. The molecule has 1 aromatic heterocycles. The van der Waals surface area contributed by atoms with E-state index in [1.807, 2.05) is 19.1 Å². The van der Waals surface area contributed by atoms with E-state index in [4.69, 9.17) is 5.73 Å². The van der Waals surface area contributed by atoms with Crippen LogP contribution in [0.2, 0.25) is 0 Å². The Bertz CT molecular complexity index is 466. The molecular formula is C11H11FN2. The van der Waals surface area contributed by atoms with Crippen LogP contribution in [-0.4, -0.2) is 4.98 Å². The molecule has 0 bridgehead atoms. The van der Waals surface area contributed by atoms with Crippen LogP contribution in [-0.2, 0) is 0 Å². The normalized spacial score (nSPS) is 13.1. The summed E-state index contributed by atoms with van der Waals surface area (Å²) in [7, 11) is 0. The van der Waals surface area contributed by atoms with Crippen molar-refractivity contribution < 1.29 is 4.39 Å². The summed E-state index contributed by atoms with van der Waals surface area (Å²) in [5.41, 5.74) is 7.30. The van der Waals surface area contributed by atoms with E-state index < -0.39 is 0 Å². The molecule has 0 radical (unpaired) electrons. The quantitative estimate of drug-likeness (QED) is 0.749. The summed E-state index contributed by atoms with van der Waals surface area (Å²) in [6.45, 7) is 1.87. The number of nitrogens with two attached hydrogens (primary N) is 1. The van der Waals surface area contributed by atoms with Crippen LogP contribution in [0.1, 0.15) is 18.7 Å². The van der Waals surface area contributed by atoms with Gasteiger partial charge in [-0.05, 0) is 31.2 Å². The minimum atomic E-state index is -0.243. The smallest absolute Gasteiger partial charge is 0.123 e. The zero-order chi connectivity index (χ0) is 10.1. The van der Waals surface area contributed by atoms with Crippen LogP contribution in [0.25, 0.3) is 10.9 Å². The Balaban J connectivity index is 2.62. The fourth-order valence-corrected chi connectivity index (χ4v) is 1.37. The van der Waals surface area contributed by atoms with Gasteiger partial charge in [0.15, 0.2) is 0 Å². The molecule has 0 saturated heterocycles. The van der Waals surface area contributed by atoms with Gasteiger partial charge in [-0.3, -0.25) is 4.98 Å². The topological polar surface area (TPSA) is 38.9 Å². The van der Waals surface area contributed by atoms with Crippen LogP contribution in [0.15, 0.2) is 30.3 Å². The molecular weight excluding hydrogens is 179 g/mol. The molecule has 1 unspecified atom stereocenters. The first-order valence-corrected chi connectivity index (χ1v) is 4.48. The Kier molecular flexibility index (Phi) is 2.17. The van der Waals surface area contributed by atoms with E-state index in [0.29, 0.717) is 0 Å². The number of pyridine rings is 1. The Morgan fingerprint density at radius 3 is 2.79 bits per heavy atom. The number of nitrogens with zero attached hydrogens (tertiary/aromatic N) is 1. The number of benzene rings is 1. The predicted octanol–water partition coefficient (Wildman–Crippen LogP) is 2.39. The second kappa shape index (κ2) is 3.35. The molecule has 14 heavy (non-hydrogen) atoms. The molecule has 0 aliphatic rings. The van der Waals surface area contributed by atoms with E-state index in [2.05, 4.69) is 4.98 Å². The summed E-state index contributed by atoms with van der Waals surface area (Å²) in [5.74, 6) is -0.243. The highest BCUT2D eigenvalue weighted by Crippen LogP contribution is 2.16. The number of aromatic nitrogens is 1. The third-order valence-corrected chi connectivity index (χ3v) is 2.14. The molecule has 1 heterocycles. The van der Waals surface area contributed by atoms with Crippen LogP contribution in [0.4, 0.5) is 4.39 Å². The summed E-state index contributed by atoms with van der Waals surface area (Å²) in [4.78, 5) is 4.32. The van der Waals surface area contributed by atoms with E-state index >= 15 is 0 Å². The monoisotopic (exact) mass is 190 g/mol. The molecule has 0 saturated carbocycles. The maximum Gasteiger partial charge on any atom is 0.123 e. The predicted molar refractivity (Wildman–Crippen MR) is 54.3 cm³/mol. The van der Waals surface area contributed by atoms with Gasteiger partial charge in [0, 0.05) is 11.4 Å². The maximum atomic E-state index is 12.8. The molecule has 0 fully saturated rings. The number of hydrogen-bond donors (Lipinski definition) is 1. The largest absolute Gasteiger partial charge is 0.323 e. The van der Waals surface area contributed by atoms with Gasteiger partial charge in [0.2, 0.25) is 0 Å². The van der Waals surface area contributed by atoms with Gasteiger partial charge in [0.1, 0.15) is 5.82 Å². The van der Waals surface area contributed by atoms with Crippen LogP contribution >= 0.6 is 0 Å². The molecule has 2 N–H and O–H groups in total. The number of hydrogen-bond acceptors (Lipinski definition) is 2. The average Bonchev–Trinajstić information content (AvgIpc) is 2.16. The van der Waals surface area contributed by atoms with Crippen molar-refractivity contribution in [2.45, 2.75) is 13.0 Å². The fraction of sp³-hybridized carbons (Fsp3) is 0.182. The second-order valence-corrected chi connectivity index (χ2v) is 3.36. The van der Waals surface area contributed by atoms with Crippen molar-refractivity contribution >= 4 is 10.9 Å². The van der Waals surface area contributed by atoms with Crippen LogP contribution in [0, 0.1) is 5.82 Å². The Morgan fingerprint density at radius 2 is 2.07 bits per heavy atom. The maximum absolute atomic E-state index is 12.8. The summed E-state index contributed by atoms with van der Waals surface area (Å²) < 4.78 is 12.8. The van der Waals surface area contributed by atoms with Crippen LogP contribution in [0.3, 0.4) is 0 Å². The molecule has 2 nitrogen and oxygen atoms in total. The highest BCUT2D eigenvalue weighted by atomic mass is 19.1. The van der Waals surface area contributed by atoms with Crippen molar-refractivity contribution in [3.63, 3.8) is 0 Å². The SMILES string of the molecule is CC(N)c1ccc2cc(F)ccc2n1. The van der Waals surface area contributed by atoms with Gasteiger partial charge < -0.3 is 5.73 Å². The van der Waals surface area contributed by atoms with Gasteiger partial charge in [-0.1, -0.05) is 6.07 Å². The lowest BCUT2D eigenvalue weighted by Gasteiger charge is -2.05. The third-order valence-electron chi connectivity index (χ3n) is 2.14. The summed E-state index contributed by atoms with van der Waals surface area (Å²) in [6.07, 6.45) is 0. The van der Waals surface area contributed by atoms with Gasteiger partial charge in [0.25, 0.3) is 0 Å². The van der Waals surface area contributed by atoms with E-state index in [-0.39, 0.29) is 11.9 Å². The Morgan fingerprint density at radius 1 is 1.29 bits per heavy atom.